The highest BCUT2D eigenvalue weighted by atomic mass is 32.2. The summed E-state index contributed by atoms with van der Waals surface area (Å²) in [6.45, 7) is 3.87. The maximum absolute atomic E-state index is 11.7. The lowest BCUT2D eigenvalue weighted by molar-refractivity contribution is 0.681. The monoisotopic (exact) mass is 197 g/mol. The topological polar surface area (TPSA) is 29.4 Å². The molecule has 0 radical (unpaired) electrons. The summed E-state index contributed by atoms with van der Waals surface area (Å²) in [5.74, 6) is 0.599. The van der Waals surface area contributed by atoms with Gasteiger partial charge in [0.2, 0.25) is 0 Å². The van der Waals surface area contributed by atoms with Crippen molar-refractivity contribution in [1.29, 1.82) is 0 Å². The minimum absolute atomic E-state index is 0.599. The zero-order valence-electron chi connectivity index (χ0n) is 8.28. The molecule has 1 rings (SSSR count). The van der Waals surface area contributed by atoms with Crippen molar-refractivity contribution in [1.82, 2.24) is 0 Å². The van der Waals surface area contributed by atoms with E-state index in [2.05, 4.69) is 4.36 Å². The van der Waals surface area contributed by atoms with E-state index in [1.54, 1.807) is 6.26 Å². The van der Waals surface area contributed by atoms with E-state index < -0.39 is 9.73 Å². The van der Waals surface area contributed by atoms with E-state index in [9.17, 15) is 4.21 Å². The molecular formula is C10H15NOS. The first-order chi connectivity index (χ1) is 6.05. The Labute approximate surface area is 80.2 Å². The largest absolute Gasteiger partial charge is 0.250 e. The lowest BCUT2D eigenvalue weighted by Gasteiger charge is -2.02. The first kappa shape index (κ1) is 10.3. The highest BCUT2D eigenvalue weighted by molar-refractivity contribution is 7.93. The number of hydrogen-bond acceptors (Lipinski definition) is 2. The van der Waals surface area contributed by atoms with Crippen LogP contribution < -0.4 is 0 Å². The van der Waals surface area contributed by atoms with Gasteiger partial charge in [-0.2, -0.15) is 4.36 Å². The molecule has 0 amide bonds. The van der Waals surface area contributed by atoms with Crippen molar-refractivity contribution in [2.45, 2.75) is 13.8 Å². The van der Waals surface area contributed by atoms with Gasteiger partial charge in [0, 0.05) is 21.7 Å². The van der Waals surface area contributed by atoms with Crippen molar-refractivity contribution in [3.63, 3.8) is 0 Å². The van der Waals surface area contributed by atoms with E-state index in [1.807, 2.05) is 38.1 Å². The third-order valence-corrected chi connectivity index (χ3v) is 3.60. The quantitative estimate of drug-likeness (QED) is 0.716. The van der Waals surface area contributed by atoms with Gasteiger partial charge in [0.15, 0.2) is 0 Å². The second-order valence-electron chi connectivity index (χ2n) is 3.13. The third-order valence-electron chi connectivity index (χ3n) is 1.94. The number of hydrogen-bond donors (Lipinski definition) is 0. The molecule has 1 aromatic rings. The van der Waals surface area contributed by atoms with Crippen molar-refractivity contribution in [2.24, 2.45) is 4.36 Å². The van der Waals surface area contributed by atoms with Gasteiger partial charge in [-0.05, 0) is 18.6 Å². The molecular weight excluding hydrogens is 182 g/mol. The lowest BCUT2D eigenvalue weighted by Crippen LogP contribution is -1.97. The molecule has 0 spiro atoms. The number of aryl methyl sites for hydroxylation is 1. The molecule has 0 aliphatic carbocycles. The van der Waals surface area contributed by atoms with E-state index in [1.165, 1.54) is 0 Å². The van der Waals surface area contributed by atoms with Crippen LogP contribution in [-0.4, -0.2) is 16.2 Å². The maximum atomic E-state index is 11.7. The average molecular weight is 197 g/mol. The molecule has 0 aliphatic heterocycles. The number of nitrogens with zero attached hydrogens (tertiary/aromatic N) is 1. The fourth-order valence-electron chi connectivity index (χ4n) is 0.938. The zero-order valence-corrected chi connectivity index (χ0v) is 9.10. The molecule has 0 saturated heterocycles. The normalized spacial score (nSPS) is 15.0. The molecule has 2 nitrogen and oxygen atoms in total. The first-order valence-electron chi connectivity index (χ1n) is 4.30. The Morgan fingerprint density at radius 1 is 1.38 bits per heavy atom. The van der Waals surface area contributed by atoms with Crippen LogP contribution in [0.3, 0.4) is 0 Å². The molecule has 0 aliphatic rings. The SMILES string of the molecule is CCS(C)(=O)=Nc1ccccc1C. The zero-order chi connectivity index (χ0) is 9.90. The summed E-state index contributed by atoms with van der Waals surface area (Å²) in [6.07, 6.45) is 1.69. The van der Waals surface area contributed by atoms with Gasteiger partial charge >= 0.3 is 0 Å². The summed E-state index contributed by atoms with van der Waals surface area (Å²) in [7, 11) is -2.02. The van der Waals surface area contributed by atoms with Crippen LogP contribution in [-0.2, 0) is 9.73 Å². The molecule has 0 saturated carbocycles. The average Bonchev–Trinajstić information content (AvgIpc) is 2.09. The summed E-state index contributed by atoms with van der Waals surface area (Å²) < 4.78 is 15.9. The van der Waals surface area contributed by atoms with Crippen LogP contribution >= 0.6 is 0 Å². The highest BCUT2D eigenvalue weighted by Gasteiger charge is 1.99. The number of rotatable bonds is 2. The van der Waals surface area contributed by atoms with Crippen LogP contribution in [0.25, 0.3) is 0 Å². The van der Waals surface area contributed by atoms with Gasteiger partial charge in [0.25, 0.3) is 0 Å². The van der Waals surface area contributed by atoms with Crippen molar-refractivity contribution in [3.8, 4) is 0 Å². The van der Waals surface area contributed by atoms with Gasteiger partial charge in [-0.25, -0.2) is 4.21 Å². The second-order valence-corrected chi connectivity index (χ2v) is 5.80. The van der Waals surface area contributed by atoms with Gasteiger partial charge < -0.3 is 0 Å². The van der Waals surface area contributed by atoms with E-state index in [-0.39, 0.29) is 0 Å². The van der Waals surface area contributed by atoms with Crippen LogP contribution in [0, 0.1) is 6.92 Å². The smallest absolute Gasteiger partial charge is 0.0759 e. The minimum Gasteiger partial charge on any atom is -0.250 e. The lowest BCUT2D eigenvalue weighted by atomic mass is 10.2. The Balaban J connectivity index is 3.19. The minimum atomic E-state index is -2.02. The molecule has 0 N–H and O–H groups in total. The first-order valence-corrected chi connectivity index (χ1v) is 6.40. The summed E-state index contributed by atoms with van der Waals surface area (Å²) in [5.41, 5.74) is 1.92. The Morgan fingerprint density at radius 3 is 2.54 bits per heavy atom. The van der Waals surface area contributed by atoms with Crippen molar-refractivity contribution in [3.05, 3.63) is 29.8 Å². The van der Waals surface area contributed by atoms with Gasteiger partial charge in [-0.1, -0.05) is 25.1 Å². The van der Waals surface area contributed by atoms with Gasteiger partial charge in [-0.15, -0.1) is 0 Å². The summed E-state index contributed by atoms with van der Waals surface area (Å²) in [4.78, 5) is 0. The highest BCUT2D eigenvalue weighted by Crippen LogP contribution is 2.18. The van der Waals surface area contributed by atoms with Gasteiger partial charge in [0.05, 0.1) is 5.69 Å². The molecule has 0 aromatic heterocycles. The standard InChI is InChI=1S/C10H15NOS/c1-4-13(3,12)11-10-8-6-5-7-9(10)2/h5-8H,4H2,1-3H3. The second kappa shape index (κ2) is 3.92. The van der Waals surface area contributed by atoms with E-state index >= 15 is 0 Å². The van der Waals surface area contributed by atoms with E-state index in [4.69, 9.17) is 0 Å². The maximum Gasteiger partial charge on any atom is 0.0759 e. The molecule has 0 heterocycles. The Bertz CT molecular complexity index is 403. The fraction of sp³-hybridized carbons (Fsp3) is 0.400. The van der Waals surface area contributed by atoms with E-state index in [0.29, 0.717) is 5.75 Å². The van der Waals surface area contributed by atoms with Crippen LogP contribution in [0.2, 0.25) is 0 Å². The van der Waals surface area contributed by atoms with Crippen LogP contribution in [0.5, 0.6) is 0 Å². The molecule has 1 aromatic carbocycles. The number of benzene rings is 1. The molecule has 0 fully saturated rings. The van der Waals surface area contributed by atoms with Crippen molar-refractivity contribution >= 4 is 15.4 Å². The van der Waals surface area contributed by atoms with Crippen LogP contribution in [0.1, 0.15) is 12.5 Å². The van der Waals surface area contributed by atoms with Crippen molar-refractivity contribution in [2.75, 3.05) is 12.0 Å². The third kappa shape index (κ3) is 2.84. The fourth-order valence-corrected chi connectivity index (χ4v) is 1.69. The molecule has 72 valence electrons. The molecule has 1 atom stereocenters. The molecule has 0 bridgehead atoms. The van der Waals surface area contributed by atoms with E-state index in [0.717, 1.165) is 11.3 Å². The van der Waals surface area contributed by atoms with Crippen LogP contribution in [0.15, 0.2) is 28.6 Å². The molecule has 13 heavy (non-hydrogen) atoms. The Kier molecular flexibility index (Phi) is 3.09. The van der Waals surface area contributed by atoms with Gasteiger partial charge in [-0.3, -0.25) is 0 Å². The van der Waals surface area contributed by atoms with Crippen LogP contribution in [0.4, 0.5) is 5.69 Å². The Morgan fingerprint density at radius 2 is 2.00 bits per heavy atom. The Hall–Kier alpha value is -0.830. The van der Waals surface area contributed by atoms with Gasteiger partial charge in [0.1, 0.15) is 0 Å². The summed E-state index contributed by atoms with van der Waals surface area (Å²) in [5, 5.41) is 0. The molecule has 3 heteroatoms. The van der Waals surface area contributed by atoms with Crippen molar-refractivity contribution < 1.29 is 4.21 Å². The summed E-state index contributed by atoms with van der Waals surface area (Å²) in [6, 6.07) is 7.74. The summed E-state index contributed by atoms with van der Waals surface area (Å²) >= 11 is 0. The predicted molar refractivity (Wildman–Crippen MR) is 57.9 cm³/mol. The predicted octanol–water partition coefficient (Wildman–Crippen LogP) is 2.74. The molecule has 1 unspecified atom stereocenters.